The van der Waals surface area contributed by atoms with Crippen LogP contribution in [-0.2, 0) is 65.4 Å². The van der Waals surface area contributed by atoms with Gasteiger partial charge in [-0.1, -0.05) is 285 Å². The van der Waals surface area contributed by atoms with Gasteiger partial charge >= 0.3 is 39.5 Å². The second-order valence-corrected chi connectivity index (χ2v) is 29.2. The van der Waals surface area contributed by atoms with E-state index in [9.17, 15) is 43.2 Å². The van der Waals surface area contributed by atoms with Gasteiger partial charge in [-0.25, -0.2) is 9.13 Å². The lowest BCUT2D eigenvalue weighted by Gasteiger charge is -2.21. The summed E-state index contributed by atoms with van der Waals surface area (Å²) in [4.78, 5) is 72.9. The normalized spacial score (nSPS) is 14.4. The van der Waals surface area contributed by atoms with E-state index in [-0.39, 0.29) is 25.7 Å². The molecule has 100 heavy (non-hydrogen) atoms. The third-order valence-electron chi connectivity index (χ3n) is 16.5. The van der Waals surface area contributed by atoms with Crippen molar-refractivity contribution in [3.63, 3.8) is 0 Å². The molecule has 0 aromatic heterocycles. The third kappa shape index (κ3) is 72.3. The maximum absolute atomic E-state index is 13.1. The van der Waals surface area contributed by atoms with Crippen molar-refractivity contribution in [3.8, 4) is 0 Å². The predicted molar refractivity (Wildman–Crippen MR) is 409 cm³/mol. The summed E-state index contributed by atoms with van der Waals surface area (Å²) in [6.45, 7) is 4.61. The van der Waals surface area contributed by atoms with Crippen LogP contribution >= 0.6 is 15.6 Å². The number of aliphatic hydroxyl groups is 1. The Morgan fingerprint density at radius 3 is 0.830 bits per heavy atom. The molecule has 17 nitrogen and oxygen atoms in total. The first-order valence-electron chi connectivity index (χ1n) is 39.5. The minimum Gasteiger partial charge on any atom is -0.462 e. The zero-order valence-corrected chi connectivity index (χ0v) is 64.9. The van der Waals surface area contributed by atoms with Crippen molar-refractivity contribution < 1.29 is 80.2 Å². The number of ether oxygens (including phenoxy) is 4. The predicted octanol–water partition coefficient (Wildman–Crippen LogP) is 22.8. The highest BCUT2D eigenvalue weighted by atomic mass is 31.2. The van der Waals surface area contributed by atoms with Gasteiger partial charge in [0.2, 0.25) is 0 Å². The van der Waals surface area contributed by atoms with Crippen LogP contribution in [0.4, 0.5) is 0 Å². The number of phosphoric acid groups is 2. The first-order chi connectivity index (χ1) is 48.7. The van der Waals surface area contributed by atoms with Gasteiger partial charge in [-0.05, 0) is 122 Å². The Morgan fingerprint density at radius 1 is 0.290 bits per heavy atom. The van der Waals surface area contributed by atoms with E-state index < -0.39 is 97.5 Å². The standard InChI is InChI=1S/C81H142O17P2/c1-5-9-13-17-21-25-29-33-37-41-45-49-53-57-61-65-78(83)91-71-76(97-80(85)67-63-59-55-51-47-43-39-35-31-27-23-19-15-11-7-3)73-95-99(87,88)93-69-75(82)70-94-100(89,90)96-74-77(98-81(86)68-64-60-56-52-48-44-40-36-32-28-24-20-16-12-8-4)72-92-79(84)66-62-58-54-50-46-42-38-34-30-26-22-18-14-10-6-2/h9-10,13-14,21-22,25-26,33-35,37-39,45,49,75-77,82H,5-8,11-12,15-20,23-24,27-32,36,40-44,46-48,50-74H2,1-4H3,(H,87,88)(H,89,90)/b13-9-,14-10-,25-21-,26-22-,37-33-,38-34-,39-35-,49-45-. The van der Waals surface area contributed by atoms with Crippen LogP contribution in [0.3, 0.4) is 0 Å². The van der Waals surface area contributed by atoms with Crippen LogP contribution < -0.4 is 0 Å². The third-order valence-corrected chi connectivity index (χ3v) is 18.4. The van der Waals surface area contributed by atoms with Gasteiger partial charge in [0.1, 0.15) is 19.3 Å². The molecule has 0 saturated heterocycles. The highest BCUT2D eigenvalue weighted by Gasteiger charge is 2.30. The molecule has 0 amide bonds. The first-order valence-corrected chi connectivity index (χ1v) is 42.5. The summed E-state index contributed by atoms with van der Waals surface area (Å²) in [5.74, 6) is -2.23. The number of aliphatic hydroxyl groups excluding tert-OH is 1. The monoisotopic (exact) mass is 1450 g/mol. The number of esters is 4. The van der Waals surface area contributed by atoms with Gasteiger partial charge in [-0.3, -0.25) is 37.3 Å². The van der Waals surface area contributed by atoms with Gasteiger partial charge in [0.05, 0.1) is 26.4 Å². The van der Waals surface area contributed by atoms with E-state index in [1.165, 1.54) is 103 Å². The van der Waals surface area contributed by atoms with Crippen LogP contribution in [0, 0.1) is 0 Å². The summed E-state index contributed by atoms with van der Waals surface area (Å²) in [6.07, 6.45) is 76.8. The van der Waals surface area contributed by atoms with Crippen molar-refractivity contribution in [1.29, 1.82) is 0 Å². The fourth-order valence-corrected chi connectivity index (χ4v) is 12.2. The molecule has 5 atom stereocenters. The molecule has 5 unspecified atom stereocenters. The number of carbonyl (C=O) groups excluding carboxylic acids is 4. The summed E-state index contributed by atoms with van der Waals surface area (Å²) < 4.78 is 68.5. The smallest absolute Gasteiger partial charge is 0.462 e. The fraction of sp³-hybridized carbons (Fsp3) is 0.753. The average Bonchev–Trinajstić information content (AvgIpc) is 1.01. The Bertz CT molecular complexity index is 2270. The van der Waals surface area contributed by atoms with Crippen molar-refractivity contribution in [2.24, 2.45) is 0 Å². The van der Waals surface area contributed by atoms with Crippen LogP contribution in [0.1, 0.15) is 336 Å². The number of unbranched alkanes of at least 4 members (excludes halogenated alkanes) is 32. The zero-order chi connectivity index (χ0) is 73.2. The van der Waals surface area contributed by atoms with Crippen LogP contribution in [0.2, 0.25) is 0 Å². The van der Waals surface area contributed by atoms with Crippen molar-refractivity contribution in [1.82, 2.24) is 0 Å². The number of carbonyl (C=O) groups is 4. The fourth-order valence-electron chi connectivity index (χ4n) is 10.6. The Balaban J connectivity index is 5.39. The van der Waals surface area contributed by atoms with Gasteiger partial charge in [0.25, 0.3) is 0 Å². The van der Waals surface area contributed by atoms with Crippen LogP contribution in [-0.4, -0.2) is 96.7 Å². The molecule has 0 spiro atoms. The molecule has 0 heterocycles. The molecule has 0 aliphatic carbocycles. The topological polar surface area (TPSA) is 237 Å². The maximum atomic E-state index is 13.1. The lowest BCUT2D eigenvalue weighted by molar-refractivity contribution is -0.161. The quantitative estimate of drug-likeness (QED) is 0.0169. The van der Waals surface area contributed by atoms with Gasteiger partial charge in [-0.15, -0.1) is 0 Å². The maximum Gasteiger partial charge on any atom is 0.472 e. The molecule has 19 heteroatoms. The van der Waals surface area contributed by atoms with E-state index in [1.54, 1.807) is 0 Å². The van der Waals surface area contributed by atoms with Crippen LogP contribution in [0.15, 0.2) is 97.2 Å². The Morgan fingerprint density at radius 2 is 0.520 bits per heavy atom. The van der Waals surface area contributed by atoms with Crippen molar-refractivity contribution in [3.05, 3.63) is 97.2 Å². The van der Waals surface area contributed by atoms with Gasteiger partial charge < -0.3 is 33.8 Å². The minimum absolute atomic E-state index is 0.0763. The largest absolute Gasteiger partial charge is 0.472 e. The van der Waals surface area contributed by atoms with E-state index in [1.807, 2.05) is 0 Å². The van der Waals surface area contributed by atoms with Crippen molar-refractivity contribution in [2.75, 3.05) is 39.6 Å². The molecule has 0 aliphatic heterocycles. The Kier molecular flexibility index (Phi) is 70.4. The van der Waals surface area contributed by atoms with E-state index in [0.29, 0.717) is 25.7 Å². The summed E-state index contributed by atoms with van der Waals surface area (Å²) in [7, 11) is -9.96. The molecule has 0 radical (unpaired) electrons. The van der Waals surface area contributed by atoms with Gasteiger partial charge in [0.15, 0.2) is 12.2 Å². The summed E-state index contributed by atoms with van der Waals surface area (Å²) in [5.41, 5.74) is 0. The molecule has 0 fully saturated rings. The lowest BCUT2D eigenvalue weighted by atomic mass is 10.0. The summed E-state index contributed by atoms with van der Waals surface area (Å²) in [6, 6.07) is 0. The first kappa shape index (κ1) is 96.0. The summed E-state index contributed by atoms with van der Waals surface area (Å²) >= 11 is 0. The van der Waals surface area contributed by atoms with Crippen molar-refractivity contribution in [2.45, 2.75) is 354 Å². The SMILES string of the molecule is CC/C=C\C/C=C\C/C=C\C/C=C\CCCCC(=O)OCC(COP(=O)(O)OCC(O)COP(=O)(O)OCC(COC(=O)CCCCCCC/C=C\C/C=C\C/C=C\CC)OC(=O)CCCCCCCCCCCCCCCCC)OC(=O)CCCCCCC/C=C\CCCCCCCC. The highest BCUT2D eigenvalue weighted by Crippen LogP contribution is 2.45. The van der Waals surface area contributed by atoms with E-state index in [4.69, 9.17) is 37.0 Å². The second-order valence-electron chi connectivity index (χ2n) is 26.2. The molecular weight excluding hydrogens is 1310 g/mol. The molecule has 0 bridgehead atoms. The number of allylic oxidation sites excluding steroid dienone is 16. The molecule has 0 aliphatic rings. The Labute approximate surface area is 607 Å². The zero-order valence-electron chi connectivity index (χ0n) is 63.1. The van der Waals surface area contributed by atoms with Crippen LogP contribution in [0.5, 0.6) is 0 Å². The van der Waals surface area contributed by atoms with E-state index >= 15 is 0 Å². The molecule has 0 aromatic carbocycles. The van der Waals surface area contributed by atoms with Gasteiger partial charge in [-0.2, -0.15) is 0 Å². The Hall–Kier alpha value is -4.02. The molecular formula is C81H142O17P2. The molecule has 0 aromatic rings. The van der Waals surface area contributed by atoms with Crippen molar-refractivity contribution >= 4 is 39.5 Å². The molecule has 3 N–H and O–H groups in total. The summed E-state index contributed by atoms with van der Waals surface area (Å²) in [5, 5.41) is 10.6. The molecule has 578 valence electrons. The number of hydrogen-bond acceptors (Lipinski definition) is 15. The highest BCUT2D eigenvalue weighted by molar-refractivity contribution is 7.47. The van der Waals surface area contributed by atoms with E-state index in [2.05, 4.69) is 125 Å². The minimum atomic E-state index is -4.99. The number of rotatable bonds is 74. The molecule has 0 saturated carbocycles. The second kappa shape index (κ2) is 73.3. The van der Waals surface area contributed by atoms with Gasteiger partial charge in [0, 0.05) is 25.7 Å². The van der Waals surface area contributed by atoms with E-state index in [0.717, 1.165) is 154 Å². The lowest BCUT2D eigenvalue weighted by Crippen LogP contribution is -2.30. The number of phosphoric ester groups is 2. The molecule has 0 rings (SSSR count). The average molecular weight is 1450 g/mol. The number of hydrogen-bond donors (Lipinski definition) is 3. The van der Waals surface area contributed by atoms with Crippen LogP contribution in [0.25, 0.3) is 0 Å².